The highest BCUT2D eigenvalue weighted by molar-refractivity contribution is 6.08. The van der Waals surface area contributed by atoms with Crippen molar-refractivity contribution in [1.82, 2.24) is 9.78 Å². The zero-order chi connectivity index (χ0) is 14.2. The normalized spacial score (nSPS) is 11.5. The van der Waals surface area contributed by atoms with Crippen molar-refractivity contribution < 1.29 is 18.3 Å². The zero-order valence-corrected chi connectivity index (χ0v) is 10.4. The summed E-state index contributed by atoms with van der Waals surface area (Å²) in [6, 6.07) is 2.79. The number of hydrogen-bond donors (Lipinski definition) is 1. The second-order valence-corrected chi connectivity index (χ2v) is 4.28. The third kappa shape index (κ3) is 2.35. The number of alkyl halides is 2. The molecular formula is C12H13F2N3O2. The van der Waals surface area contributed by atoms with Gasteiger partial charge in [-0.2, -0.15) is 13.9 Å². The van der Waals surface area contributed by atoms with E-state index < -0.39 is 12.5 Å². The van der Waals surface area contributed by atoms with Crippen LogP contribution in [0.2, 0.25) is 0 Å². The molecule has 0 spiro atoms. The van der Waals surface area contributed by atoms with E-state index in [1.165, 1.54) is 18.3 Å². The molecule has 1 aromatic heterocycles. The maximum Gasteiger partial charge on any atom is 0.341 e. The van der Waals surface area contributed by atoms with Crippen LogP contribution in [-0.2, 0) is 4.74 Å². The summed E-state index contributed by atoms with van der Waals surface area (Å²) in [5.41, 5.74) is 6.10. The second-order valence-electron chi connectivity index (χ2n) is 4.28. The van der Waals surface area contributed by atoms with Crippen LogP contribution < -0.4 is 5.73 Å². The van der Waals surface area contributed by atoms with E-state index in [1.54, 1.807) is 13.8 Å². The van der Waals surface area contributed by atoms with Gasteiger partial charge in [0.15, 0.2) is 0 Å². The molecule has 19 heavy (non-hydrogen) atoms. The molecule has 0 aliphatic carbocycles. The Labute approximate surface area is 107 Å². The summed E-state index contributed by atoms with van der Waals surface area (Å²) < 4.78 is 31.0. The monoisotopic (exact) mass is 269 g/mol. The van der Waals surface area contributed by atoms with Gasteiger partial charge in [0.1, 0.15) is 0 Å². The number of anilines is 1. The van der Waals surface area contributed by atoms with Gasteiger partial charge in [0.05, 0.1) is 23.4 Å². The molecule has 0 atom stereocenters. The number of nitrogens with two attached hydrogens (primary N) is 1. The predicted octanol–water partition coefficient (Wildman–Crippen LogP) is 2.58. The molecule has 0 aliphatic rings. The number of ether oxygens (including phenoxy) is 1. The molecule has 0 amide bonds. The van der Waals surface area contributed by atoms with Crippen LogP contribution in [0.15, 0.2) is 18.3 Å². The number of carbonyl (C=O) groups is 1. The fraction of sp³-hybridized carbons (Fsp3) is 0.333. The summed E-state index contributed by atoms with van der Waals surface area (Å²) in [7, 11) is 0. The fourth-order valence-electron chi connectivity index (χ4n) is 1.79. The number of carbonyl (C=O) groups excluding carboxylic acids is 1. The maximum atomic E-state index is 12.7. The smallest absolute Gasteiger partial charge is 0.341 e. The third-order valence-electron chi connectivity index (χ3n) is 2.54. The van der Waals surface area contributed by atoms with Crippen LogP contribution in [0.5, 0.6) is 0 Å². The Hall–Kier alpha value is -2.18. The summed E-state index contributed by atoms with van der Waals surface area (Å²) in [4.78, 5) is 11.9. The molecule has 0 bridgehead atoms. The molecule has 0 saturated heterocycles. The first kappa shape index (κ1) is 13.3. The summed E-state index contributed by atoms with van der Waals surface area (Å²) in [6.07, 6.45) is 0.863. The molecule has 7 heteroatoms. The van der Waals surface area contributed by atoms with Crippen molar-refractivity contribution >= 4 is 22.6 Å². The van der Waals surface area contributed by atoms with Crippen LogP contribution in [0.3, 0.4) is 0 Å². The summed E-state index contributed by atoms with van der Waals surface area (Å²) in [5.74, 6) is -0.646. The number of hydrogen-bond acceptors (Lipinski definition) is 4. The highest BCUT2D eigenvalue weighted by Crippen LogP contribution is 2.27. The molecule has 0 aliphatic heterocycles. The minimum Gasteiger partial charge on any atom is -0.459 e. The first-order chi connectivity index (χ1) is 8.91. The molecule has 0 saturated carbocycles. The Balaban J connectivity index is 2.60. The lowest BCUT2D eigenvalue weighted by Crippen LogP contribution is -2.14. The highest BCUT2D eigenvalue weighted by atomic mass is 19.3. The third-order valence-corrected chi connectivity index (χ3v) is 2.54. The minimum absolute atomic E-state index is 0.0677. The Morgan fingerprint density at radius 1 is 1.42 bits per heavy atom. The largest absolute Gasteiger partial charge is 0.459 e. The lowest BCUT2D eigenvalue weighted by molar-refractivity contribution is 0.0381. The van der Waals surface area contributed by atoms with E-state index >= 15 is 0 Å². The quantitative estimate of drug-likeness (QED) is 0.686. The number of esters is 1. The van der Waals surface area contributed by atoms with Crippen molar-refractivity contribution in [3.63, 3.8) is 0 Å². The van der Waals surface area contributed by atoms with Gasteiger partial charge >= 0.3 is 12.5 Å². The number of nitrogen functional groups attached to an aromatic ring is 1. The predicted molar refractivity (Wildman–Crippen MR) is 65.9 cm³/mol. The molecule has 5 nitrogen and oxygen atoms in total. The lowest BCUT2D eigenvalue weighted by atomic mass is 10.1. The summed E-state index contributed by atoms with van der Waals surface area (Å²) in [6.45, 7) is 0.600. The Morgan fingerprint density at radius 2 is 2.11 bits per heavy atom. The van der Waals surface area contributed by atoms with Crippen LogP contribution in [0, 0.1) is 0 Å². The topological polar surface area (TPSA) is 70.1 Å². The van der Waals surface area contributed by atoms with Gasteiger partial charge in [0.25, 0.3) is 0 Å². The SMILES string of the molecule is CC(C)OC(=O)c1c(N)ccc2c1cnn2C(F)F. The van der Waals surface area contributed by atoms with Crippen molar-refractivity contribution in [2.24, 2.45) is 0 Å². The van der Waals surface area contributed by atoms with E-state index in [2.05, 4.69) is 5.10 Å². The molecule has 1 aromatic carbocycles. The van der Waals surface area contributed by atoms with Crippen molar-refractivity contribution in [1.29, 1.82) is 0 Å². The number of nitrogens with zero attached hydrogens (tertiary/aromatic N) is 2. The van der Waals surface area contributed by atoms with E-state index in [0.717, 1.165) is 0 Å². The van der Waals surface area contributed by atoms with Gasteiger partial charge in [-0.15, -0.1) is 0 Å². The second kappa shape index (κ2) is 4.83. The maximum absolute atomic E-state index is 12.7. The van der Waals surface area contributed by atoms with Gasteiger partial charge in [0, 0.05) is 11.1 Å². The average Bonchev–Trinajstić information content (AvgIpc) is 2.70. The van der Waals surface area contributed by atoms with E-state index in [0.29, 0.717) is 4.68 Å². The number of fused-ring (bicyclic) bond motifs is 1. The molecule has 102 valence electrons. The first-order valence-electron chi connectivity index (χ1n) is 5.66. The standard InChI is InChI=1S/C12H13F2N3O2/c1-6(2)19-11(18)10-7-5-16-17(12(13)14)9(7)4-3-8(10)15/h3-6,12H,15H2,1-2H3. The van der Waals surface area contributed by atoms with Crippen molar-refractivity contribution in [2.75, 3.05) is 5.73 Å². The average molecular weight is 269 g/mol. The fourth-order valence-corrected chi connectivity index (χ4v) is 1.79. The van der Waals surface area contributed by atoms with Crippen molar-refractivity contribution in [2.45, 2.75) is 26.5 Å². The Morgan fingerprint density at radius 3 is 2.68 bits per heavy atom. The van der Waals surface area contributed by atoms with Gasteiger partial charge in [-0.25, -0.2) is 9.48 Å². The first-order valence-corrected chi connectivity index (χ1v) is 5.66. The van der Waals surface area contributed by atoms with E-state index in [1.807, 2.05) is 0 Å². The molecule has 2 rings (SSSR count). The van der Waals surface area contributed by atoms with E-state index in [9.17, 15) is 13.6 Å². The number of benzene rings is 1. The zero-order valence-electron chi connectivity index (χ0n) is 10.4. The molecule has 0 unspecified atom stereocenters. The highest BCUT2D eigenvalue weighted by Gasteiger charge is 2.21. The summed E-state index contributed by atoms with van der Waals surface area (Å²) >= 11 is 0. The number of aromatic nitrogens is 2. The molecule has 1 heterocycles. The van der Waals surface area contributed by atoms with Gasteiger partial charge in [-0.05, 0) is 26.0 Å². The lowest BCUT2D eigenvalue weighted by Gasteiger charge is -2.11. The Bertz CT molecular complexity index is 623. The number of halogens is 2. The molecule has 0 radical (unpaired) electrons. The summed E-state index contributed by atoms with van der Waals surface area (Å²) in [5, 5.41) is 3.82. The van der Waals surface area contributed by atoms with Gasteiger partial charge in [-0.1, -0.05) is 0 Å². The van der Waals surface area contributed by atoms with Crippen molar-refractivity contribution in [3.8, 4) is 0 Å². The van der Waals surface area contributed by atoms with Crippen LogP contribution in [0.4, 0.5) is 14.5 Å². The molecule has 0 fully saturated rings. The minimum atomic E-state index is -2.78. The van der Waals surface area contributed by atoms with Gasteiger partial charge in [-0.3, -0.25) is 0 Å². The van der Waals surface area contributed by atoms with Crippen LogP contribution >= 0.6 is 0 Å². The number of rotatable bonds is 3. The van der Waals surface area contributed by atoms with Crippen LogP contribution in [-0.4, -0.2) is 21.9 Å². The van der Waals surface area contributed by atoms with Crippen LogP contribution in [0.1, 0.15) is 30.8 Å². The molecule has 2 N–H and O–H groups in total. The van der Waals surface area contributed by atoms with E-state index in [4.69, 9.17) is 10.5 Å². The van der Waals surface area contributed by atoms with Crippen LogP contribution in [0.25, 0.3) is 10.9 Å². The van der Waals surface area contributed by atoms with Gasteiger partial charge in [0.2, 0.25) is 0 Å². The molecule has 2 aromatic rings. The van der Waals surface area contributed by atoms with E-state index in [-0.39, 0.29) is 28.3 Å². The molecular weight excluding hydrogens is 256 g/mol. The Kier molecular flexibility index (Phi) is 3.37. The van der Waals surface area contributed by atoms with Gasteiger partial charge < -0.3 is 10.5 Å². The van der Waals surface area contributed by atoms with Crippen molar-refractivity contribution in [3.05, 3.63) is 23.9 Å².